The lowest BCUT2D eigenvalue weighted by atomic mass is 10.2. The van der Waals surface area contributed by atoms with Crippen LogP contribution in [0, 0.1) is 0 Å². The fourth-order valence-electron chi connectivity index (χ4n) is 1.60. The van der Waals surface area contributed by atoms with E-state index in [1.165, 1.54) is 0 Å². The van der Waals surface area contributed by atoms with E-state index in [4.69, 9.17) is 0 Å². The van der Waals surface area contributed by atoms with Crippen molar-refractivity contribution >= 4 is 11.8 Å². The molecule has 5 nitrogen and oxygen atoms in total. The minimum absolute atomic E-state index is 0.145. The first kappa shape index (κ1) is 13.8. The molecule has 0 bridgehead atoms. The molecule has 0 aliphatic carbocycles. The lowest BCUT2D eigenvalue weighted by Crippen LogP contribution is -2.44. The van der Waals surface area contributed by atoms with Crippen molar-refractivity contribution in [2.45, 2.75) is 0 Å². The zero-order valence-electron chi connectivity index (χ0n) is 10.8. The molecule has 0 aliphatic rings. The largest absolute Gasteiger partial charge is 0.338 e. The second-order valence-electron chi connectivity index (χ2n) is 4.05. The Balaban J connectivity index is 1.72. The van der Waals surface area contributed by atoms with Crippen LogP contribution >= 0.6 is 0 Å². The maximum absolute atomic E-state index is 11.7. The van der Waals surface area contributed by atoms with Gasteiger partial charge in [-0.3, -0.25) is 15.0 Å². The van der Waals surface area contributed by atoms with Gasteiger partial charge in [-0.25, -0.2) is 5.43 Å². The van der Waals surface area contributed by atoms with Gasteiger partial charge in [0.2, 0.25) is 0 Å². The van der Waals surface area contributed by atoms with Crippen LogP contribution in [0.25, 0.3) is 0 Å². The van der Waals surface area contributed by atoms with Crippen molar-refractivity contribution in [2.24, 2.45) is 0 Å². The molecule has 2 amide bonds. The van der Waals surface area contributed by atoms with Crippen molar-refractivity contribution in [3.63, 3.8) is 0 Å². The van der Waals surface area contributed by atoms with E-state index in [1.54, 1.807) is 48.5 Å². The van der Waals surface area contributed by atoms with Crippen LogP contribution in [-0.2, 0) is 0 Å². The van der Waals surface area contributed by atoms with Gasteiger partial charge >= 0.3 is 0 Å². The van der Waals surface area contributed by atoms with Gasteiger partial charge in [-0.1, -0.05) is 36.4 Å². The Morgan fingerprint density at radius 2 is 1.25 bits per heavy atom. The van der Waals surface area contributed by atoms with E-state index < -0.39 is 0 Å². The van der Waals surface area contributed by atoms with E-state index in [0.29, 0.717) is 11.1 Å². The molecule has 0 spiro atoms. The highest BCUT2D eigenvalue weighted by atomic mass is 16.2. The zero-order valence-corrected chi connectivity index (χ0v) is 10.8. The van der Waals surface area contributed by atoms with Gasteiger partial charge in [0, 0.05) is 11.1 Å². The minimum Gasteiger partial charge on any atom is -0.338 e. The second kappa shape index (κ2) is 7.06. The number of hydrogen-bond donors (Lipinski definition) is 3. The molecule has 0 saturated carbocycles. The summed E-state index contributed by atoms with van der Waals surface area (Å²) in [4.78, 5) is 23.4. The van der Waals surface area contributed by atoms with E-state index in [9.17, 15) is 9.59 Å². The van der Waals surface area contributed by atoms with Crippen molar-refractivity contribution in [3.05, 3.63) is 71.8 Å². The predicted molar refractivity (Wildman–Crippen MR) is 75.8 cm³/mol. The fraction of sp³-hybridized carbons (Fsp3) is 0.0667. The predicted octanol–water partition coefficient (Wildman–Crippen LogP) is 1.31. The van der Waals surface area contributed by atoms with E-state index in [0.717, 1.165) is 0 Å². The summed E-state index contributed by atoms with van der Waals surface area (Å²) in [5, 5.41) is 2.64. The van der Waals surface area contributed by atoms with Crippen LogP contribution in [0.1, 0.15) is 20.7 Å². The summed E-state index contributed by atoms with van der Waals surface area (Å²) in [6.45, 7) is 0.145. The number of hydrogen-bond acceptors (Lipinski definition) is 3. The van der Waals surface area contributed by atoms with Crippen molar-refractivity contribution < 1.29 is 9.59 Å². The monoisotopic (exact) mass is 269 g/mol. The smallest absolute Gasteiger partial charge is 0.265 e. The van der Waals surface area contributed by atoms with Gasteiger partial charge in [-0.05, 0) is 24.3 Å². The first-order valence-electron chi connectivity index (χ1n) is 6.19. The molecular weight excluding hydrogens is 254 g/mol. The average Bonchev–Trinajstić information content (AvgIpc) is 2.53. The number of carbonyl (C=O) groups excluding carboxylic acids is 2. The molecule has 0 unspecified atom stereocenters. The molecular formula is C15H15N3O2. The van der Waals surface area contributed by atoms with Gasteiger partial charge in [0.25, 0.3) is 11.8 Å². The number of carbonyl (C=O) groups is 2. The Bertz CT molecular complexity index is 517. The molecule has 0 saturated heterocycles. The Hall–Kier alpha value is -2.66. The number of amides is 2. The van der Waals surface area contributed by atoms with E-state index in [1.807, 2.05) is 12.1 Å². The molecule has 0 aromatic heterocycles. The SMILES string of the molecule is O=C(NCNNC(=O)c1ccccc1)c1ccccc1. The fourth-order valence-corrected chi connectivity index (χ4v) is 1.60. The molecule has 20 heavy (non-hydrogen) atoms. The van der Waals surface area contributed by atoms with Gasteiger partial charge in [0.05, 0.1) is 6.67 Å². The highest BCUT2D eigenvalue weighted by Gasteiger charge is 2.04. The van der Waals surface area contributed by atoms with E-state index >= 15 is 0 Å². The highest BCUT2D eigenvalue weighted by molar-refractivity contribution is 5.94. The topological polar surface area (TPSA) is 70.2 Å². The maximum Gasteiger partial charge on any atom is 0.265 e. The Morgan fingerprint density at radius 1 is 0.750 bits per heavy atom. The van der Waals surface area contributed by atoms with Crippen LogP contribution in [0.3, 0.4) is 0 Å². The molecule has 0 atom stereocenters. The van der Waals surface area contributed by atoms with Crippen molar-refractivity contribution in [3.8, 4) is 0 Å². The molecule has 5 heteroatoms. The van der Waals surface area contributed by atoms with Crippen molar-refractivity contribution in [1.29, 1.82) is 0 Å². The summed E-state index contributed by atoms with van der Waals surface area (Å²) in [6, 6.07) is 17.7. The molecule has 0 radical (unpaired) electrons. The Labute approximate surface area is 117 Å². The van der Waals surface area contributed by atoms with Crippen molar-refractivity contribution in [2.75, 3.05) is 6.67 Å². The number of nitrogens with one attached hydrogen (secondary N) is 3. The summed E-state index contributed by atoms with van der Waals surface area (Å²) in [5.41, 5.74) is 6.28. The van der Waals surface area contributed by atoms with Gasteiger partial charge in [-0.15, -0.1) is 0 Å². The van der Waals surface area contributed by atoms with Crippen LogP contribution in [0.5, 0.6) is 0 Å². The minimum atomic E-state index is -0.250. The Morgan fingerprint density at radius 3 is 1.80 bits per heavy atom. The lowest BCUT2D eigenvalue weighted by Gasteiger charge is -2.08. The first-order valence-corrected chi connectivity index (χ1v) is 6.19. The summed E-state index contributed by atoms with van der Waals surface area (Å²) < 4.78 is 0. The molecule has 0 aliphatic heterocycles. The van der Waals surface area contributed by atoms with Gasteiger partial charge in [-0.2, -0.15) is 0 Å². The number of benzene rings is 2. The highest BCUT2D eigenvalue weighted by Crippen LogP contribution is 1.97. The number of hydrazine groups is 1. The van der Waals surface area contributed by atoms with Crippen LogP contribution in [0.2, 0.25) is 0 Å². The third kappa shape index (κ3) is 3.93. The second-order valence-corrected chi connectivity index (χ2v) is 4.05. The van der Waals surface area contributed by atoms with E-state index in [-0.39, 0.29) is 18.5 Å². The zero-order chi connectivity index (χ0) is 14.2. The van der Waals surface area contributed by atoms with Crippen LogP contribution in [0.15, 0.2) is 60.7 Å². The third-order valence-electron chi connectivity index (χ3n) is 2.61. The lowest BCUT2D eigenvalue weighted by molar-refractivity contribution is 0.0904. The quantitative estimate of drug-likeness (QED) is 0.435. The average molecular weight is 269 g/mol. The first-order chi connectivity index (χ1) is 9.77. The Kier molecular flexibility index (Phi) is 4.86. The molecule has 0 heterocycles. The molecule has 102 valence electrons. The summed E-state index contributed by atoms with van der Waals surface area (Å²) in [7, 11) is 0. The normalized spacial score (nSPS) is 9.80. The summed E-state index contributed by atoms with van der Waals surface area (Å²) in [5.74, 6) is -0.452. The molecule has 2 rings (SSSR count). The van der Waals surface area contributed by atoms with Crippen LogP contribution in [-0.4, -0.2) is 18.5 Å². The molecule has 2 aromatic carbocycles. The maximum atomic E-state index is 11.7. The molecule has 2 aromatic rings. The third-order valence-corrected chi connectivity index (χ3v) is 2.61. The van der Waals surface area contributed by atoms with Crippen molar-refractivity contribution in [1.82, 2.24) is 16.2 Å². The van der Waals surface area contributed by atoms with Crippen LogP contribution < -0.4 is 16.2 Å². The van der Waals surface area contributed by atoms with Gasteiger partial charge in [0.1, 0.15) is 0 Å². The standard InChI is InChI=1S/C15H15N3O2/c19-14(12-7-3-1-4-8-12)16-11-17-18-15(20)13-9-5-2-6-10-13/h1-10,17H,11H2,(H,16,19)(H,18,20). The van der Waals surface area contributed by atoms with Gasteiger partial charge < -0.3 is 5.32 Å². The number of rotatable bonds is 5. The summed E-state index contributed by atoms with van der Waals surface area (Å²) in [6.07, 6.45) is 0. The van der Waals surface area contributed by atoms with Gasteiger partial charge in [0.15, 0.2) is 0 Å². The van der Waals surface area contributed by atoms with Crippen LogP contribution in [0.4, 0.5) is 0 Å². The van der Waals surface area contributed by atoms with E-state index in [2.05, 4.69) is 16.2 Å². The summed E-state index contributed by atoms with van der Waals surface area (Å²) >= 11 is 0. The molecule has 3 N–H and O–H groups in total. The molecule has 0 fully saturated rings.